The number of methoxy groups -OCH3 is 1. The van der Waals surface area contributed by atoms with Crippen LogP contribution in [-0.2, 0) is 19.6 Å². The molecule has 1 fully saturated rings. The topological polar surface area (TPSA) is 146 Å². The molecule has 2 heterocycles. The number of carbonyl (C=O) groups is 2. The van der Waals surface area contributed by atoms with Gasteiger partial charge >= 0.3 is 5.97 Å². The van der Waals surface area contributed by atoms with Crippen LogP contribution in [-0.4, -0.2) is 71.6 Å². The number of hydrogen-bond donors (Lipinski definition) is 1. The van der Waals surface area contributed by atoms with E-state index in [1.807, 2.05) is 0 Å². The lowest BCUT2D eigenvalue weighted by Crippen LogP contribution is -2.35. The Morgan fingerprint density at radius 3 is 2.57 bits per heavy atom. The number of rotatable bonds is 8. The molecule has 0 saturated carbocycles. The Morgan fingerprint density at radius 1 is 1.09 bits per heavy atom. The summed E-state index contributed by atoms with van der Waals surface area (Å²) in [6.45, 7) is 0.289. The molecule has 1 saturated heterocycles. The SMILES string of the molecule is COc1ccc(NC(=O)COC(=O)c2ccccc2-n2cnnn2)cc1S(=O)(=O)N1CCCCC1. The Morgan fingerprint density at radius 2 is 1.86 bits per heavy atom. The maximum Gasteiger partial charge on any atom is 0.340 e. The van der Waals surface area contributed by atoms with Gasteiger partial charge in [-0.05, 0) is 53.6 Å². The van der Waals surface area contributed by atoms with Crippen LogP contribution in [0.1, 0.15) is 29.6 Å². The van der Waals surface area contributed by atoms with E-state index in [-0.39, 0.29) is 21.9 Å². The number of benzene rings is 2. The average molecular weight is 501 g/mol. The van der Waals surface area contributed by atoms with Crippen molar-refractivity contribution in [3.63, 3.8) is 0 Å². The molecular weight excluding hydrogens is 476 g/mol. The number of hydrogen-bond acceptors (Lipinski definition) is 9. The van der Waals surface area contributed by atoms with Gasteiger partial charge in [-0.25, -0.2) is 13.2 Å². The average Bonchev–Trinajstić information content (AvgIpc) is 3.43. The molecule has 12 nitrogen and oxygen atoms in total. The quantitative estimate of drug-likeness (QED) is 0.456. The van der Waals surface area contributed by atoms with Gasteiger partial charge in [-0.15, -0.1) is 5.10 Å². The number of carbonyl (C=O) groups excluding carboxylic acids is 2. The lowest BCUT2D eigenvalue weighted by atomic mass is 10.2. The smallest absolute Gasteiger partial charge is 0.340 e. The molecule has 1 aliphatic heterocycles. The zero-order valence-electron chi connectivity index (χ0n) is 19.0. The molecule has 1 aromatic heterocycles. The van der Waals surface area contributed by atoms with Gasteiger partial charge in [-0.1, -0.05) is 18.6 Å². The molecule has 0 aliphatic carbocycles. The van der Waals surface area contributed by atoms with E-state index in [1.54, 1.807) is 18.2 Å². The lowest BCUT2D eigenvalue weighted by molar-refractivity contribution is -0.119. The van der Waals surface area contributed by atoms with Crippen molar-refractivity contribution < 1.29 is 27.5 Å². The monoisotopic (exact) mass is 500 g/mol. The maximum atomic E-state index is 13.2. The fraction of sp³-hybridized carbons (Fsp3) is 0.318. The summed E-state index contributed by atoms with van der Waals surface area (Å²) < 4.78 is 39.4. The van der Waals surface area contributed by atoms with Crippen molar-refractivity contribution in [2.45, 2.75) is 24.2 Å². The summed E-state index contributed by atoms with van der Waals surface area (Å²) in [6, 6.07) is 10.8. The Bertz CT molecular complexity index is 1310. The number of esters is 1. The second-order valence-electron chi connectivity index (χ2n) is 7.73. The first-order chi connectivity index (χ1) is 16.9. The fourth-order valence-electron chi connectivity index (χ4n) is 3.72. The molecule has 184 valence electrons. The Labute approximate surface area is 201 Å². The molecule has 35 heavy (non-hydrogen) atoms. The molecule has 1 N–H and O–H groups in total. The molecule has 0 unspecified atom stereocenters. The highest BCUT2D eigenvalue weighted by atomic mass is 32.2. The Kier molecular flexibility index (Phi) is 7.36. The third-order valence-corrected chi connectivity index (χ3v) is 7.35. The molecular formula is C22H24N6O6S. The number of sulfonamides is 1. The van der Waals surface area contributed by atoms with Gasteiger partial charge in [0.05, 0.1) is 18.4 Å². The van der Waals surface area contributed by atoms with E-state index < -0.39 is 28.5 Å². The van der Waals surface area contributed by atoms with Crippen LogP contribution in [0.15, 0.2) is 53.7 Å². The predicted molar refractivity (Wildman–Crippen MR) is 124 cm³/mol. The fourth-order valence-corrected chi connectivity index (χ4v) is 5.42. The van der Waals surface area contributed by atoms with Gasteiger partial charge in [0, 0.05) is 18.8 Å². The summed E-state index contributed by atoms with van der Waals surface area (Å²) >= 11 is 0. The minimum atomic E-state index is -3.80. The molecule has 0 spiro atoms. The van der Waals surface area contributed by atoms with Crippen LogP contribution in [0, 0.1) is 0 Å². The van der Waals surface area contributed by atoms with Crippen molar-refractivity contribution in [2.24, 2.45) is 0 Å². The molecule has 13 heteroatoms. The van der Waals surface area contributed by atoms with Crippen molar-refractivity contribution in [1.29, 1.82) is 0 Å². The molecule has 0 atom stereocenters. The number of amides is 1. The van der Waals surface area contributed by atoms with Gasteiger partial charge in [0.2, 0.25) is 10.0 Å². The number of tetrazole rings is 1. The number of anilines is 1. The summed E-state index contributed by atoms with van der Waals surface area (Å²) in [5.41, 5.74) is 0.800. The van der Waals surface area contributed by atoms with Crippen LogP contribution in [0.25, 0.3) is 5.69 Å². The van der Waals surface area contributed by atoms with E-state index in [1.165, 1.54) is 46.7 Å². The largest absolute Gasteiger partial charge is 0.495 e. The summed E-state index contributed by atoms with van der Waals surface area (Å²) in [6.07, 6.45) is 3.90. The number of piperidine rings is 1. The second-order valence-corrected chi connectivity index (χ2v) is 9.63. The van der Waals surface area contributed by atoms with E-state index >= 15 is 0 Å². The molecule has 2 aromatic carbocycles. The van der Waals surface area contributed by atoms with Crippen LogP contribution in [0.2, 0.25) is 0 Å². The maximum absolute atomic E-state index is 13.2. The van der Waals surface area contributed by atoms with Crippen LogP contribution in [0.3, 0.4) is 0 Å². The normalized spacial score (nSPS) is 14.3. The second kappa shape index (κ2) is 10.6. The van der Waals surface area contributed by atoms with Crippen LogP contribution >= 0.6 is 0 Å². The van der Waals surface area contributed by atoms with E-state index in [9.17, 15) is 18.0 Å². The number of para-hydroxylation sites is 1. The van der Waals surface area contributed by atoms with Crippen molar-refractivity contribution in [2.75, 3.05) is 32.1 Å². The minimum Gasteiger partial charge on any atom is -0.495 e. The van der Waals surface area contributed by atoms with E-state index in [0.717, 1.165) is 19.3 Å². The van der Waals surface area contributed by atoms with Gasteiger partial charge < -0.3 is 14.8 Å². The zero-order valence-corrected chi connectivity index (χ0v) is 19.8. The molecule has 4 rings (SSSR count). The minimum absolute atomic E-state index is 0.0351. The molecule has 3 aromatic rings. The Balaban J connectivity index is 1.44. The molecule has 0 radical (unpaired) electrons. The number of nitrogens with zero attached hydrogens (tertiary/aromatic N) is 5. The van der Waals surface area contributed by atoms with E-state index in [2.05, 4.69) is 20.8 Å². The summed E-state index contributed by atoms with van der Waals surface area (Å²) in [5.74, 6) is -1.20. The van der Waals surface area contributed by atoms with Crippen LogP contribution in [0.4, 0.5) is 5.69 Å². The third kappa shape index (κ3) is 5.46. The van der Waals surface area contributed by atoms with Gasteiger partial charge in [0.1, 0.15) is 17.0 Å². The van der Waals surface area contributed by atoms with Crippen LogP contribution in [0.5, 0.6) is 5.75 Å². The van der Waals surface area contributed by atoms with Crippen LogP contribution < -0.4 is 10.1 Å². The van der Waals surface area contributed by atoms with Gasteiger partial charge in [-0.3, -0.25) is 4.79 Å². The van der Waals surface area contributed by atoms with Crippen molar-refractivity contribution in [1.82, 2.24) is 24.5 Å². The lowest BCUT2D eigenvalue weighted by Gasteiger charge is -2.26. The molecule has 1 amide bonds. The summed E-state index contributed by atoms with van der Waals surface area (Å²) in [7, 11) is -2.41. The van der Waals surface area contributed by atoms with Crippen molar-refractivity contribution in [3.05, 3.63) is 54.4 Å². The number of nitrogens with one attached hydrogen (secondary N) is 1. The van der Waals surface area contributed by atoms with Gasteiger partial charge in [-0.2, -0.15) is 8.99 Å². The van der Waals surface area contributed by atoms with Crippen molar-refractivity contribution >= 4 is 27.6 Å². The highest BCUT2D eigenvalue weighted by molar-refractivity contribution is 7.89. The van der Waals surface area contributed by atoms with Crippen molar-refractivity contribution in [3.8, 4) is 11.4 Å². The predicted octanol–water partition coefficient (Wildman–Crippen LogP) is 1.64. The molecule has 0 bridgehead atoms. The first-order valence-corrected chi connectivity index (χ1v) is 12.3. The number of ether oxygens (including phenoxy) is 2. The highest BCUT2D eigenvalue weighted by Crippen LogP contribution is 2.31. The first kappa shape index (κ1) is 24.3. The highest BCUT2D eigenvalue weighted by Gasteiger charge is 2.29. The van der Waals surface area contributed by atoms with E-state index in [0.29, 0.717) is 18.8 Å². The van der Waals surface area contributed by atoms with E-state index in [4.69, 9.17) is 9.47 Å². The standard InChI is InChI=1S/C22H24N6O6S/c1-33-19-10-9-16(13-20(19)35(31,32)27-11-5-2-6-12-27)24-21(29)14-34-22(30)17-7-3-4-8-18(17)28-15-23-25-26-28/h3-4,7-10,13,15H,2,5-6,11-12,14H2,1H3,(H,24,29). The summed E-state index contributed by atoms with van der Waals surface area (Å²) in [5, 5.41) is 13.4. The number of aromatic nitrogens is 4. The third-order valence-electron chi connectivity index (χ3n) is 5.43. The molecule has 1 aliphatic rings. The first-order valence-electron chi connectivity index (χ1n) is 10.9. The van der Waals surface area contributed by atoms with Gasteiger partial charge in [0.15, 0.2) is 6.61 Å². The Hall–Kier alpha value is -3.84. The summed E-state index contributed by atoms with van der Waals surface area (Å²) in [4.78, 5) is 25.0. The zero-order chi connectivity index (χ0) is 24.8. The van der Waals surface area contributed by atoms with Gasteiger partial charge in [0.25, 0.3) is 5.91 Å².